The molecule has 8 fully saturated rings. The minimum absolute atomic E-state index is 0.134. The van der Waals surface area contributed by atoms with Crippen molar-refractivity contribution in [3.8, 4) is 0 Å². The standard InChI is InChI=1S/C20H30O2/c21-20(22)17-5-15-4-16(6-17)11-19(20,10-15)18-7-12-1-13(8-18)3-14(2-12)9-18/h12-17,21-22H,1-11H2. The van der Waals surface area contributed by atoms with Gasteiger partial charge < -0.3 is 10.2 Å². The Labute approximate surface area is 133 Å². The summed E-state index contributed by atoms with van der Waals surface area (Å²) in [5.41, 5.74) is 0.159. The third kappa shape index (κ3) is 1.34. The van der Waals surface area contributed by atoms with Gasteiger partial charge in [-0.05, 0) is 106 Å². The maximum atomic E-state index is 11.4. The van der Waals surface area contributed by atoms with Gasteiger partial charge in [0.2, 0.25) is 0 Å². The molecule has 2 N–H and O–H groups in total. The second-order valence-electron chi connectivity index (χ2n) is 10.6. The van der Waals surface area contributed by atoms with E-state index >= 15 is 0 Å². The second kappa shape index (κ2) is 3.77. The molecule has 0 radical (unpaired) electrons. The summed E-state index contributed by atoms with van der Waals surface area (Å²) in [6.07, 6.45) is 14.2. The molecule has 122 valence electrons. The van der Waals surface area contributed by atoms with Crippen LogP contribution in [0.5, 0.6) is 0 Å². The minimum atomic E-state index is -1.36. The van der Waals surface area contributed by atoms with Crippen molar-refractivity contribution in [2.45, 2.75) is 76.4 Å². The zero-order valence-electron chi connectivity index (χ0n) is 13.6. The predicted octanol–water partition coefficient (Wildman–Crippen LogP) is 3.71. The summed E-state index contributed by atoms with van der Waals surface area (Å²) in [4.78, 5) is 0. The van der Waals surface area contributed by atoms with Gasteiger partial charge in [-0.1, -0.05) is 0 Å². The van der Waals surface area contributed by atoms with Crippen molar-refractivity contribution in [1.29, 1.82) is 0 Å². The van der Waals surface area contributed by atoms with Crippen molar-refractivity contribution in [3.63, 3.8) is 0 Å². The summed E-state index contributed by atoms with van der Waals surface area (Å²) < 4.78 is 0. The van der Waals surface area contributed by atoms with Crippen LogP contribution < -0.4 is 0 Å². The smallest absolute Gasteiger partial charge is 0.171 e. The van der Waals surface area contributed by atoms with Crippen LogP contribution in [0.4, 0.5) is 0 Å². The Bertz CT molecular complexity index is 473. The predicted molar refractivity (Wildman–Crippen MR) is 83.8 cm³/mol. The molecule has 0 aromatic rings. The van der Waals surface area contributed by atoms with Crippen LogP contribution in [0, 0.1) is 46.3 Å². The average Bonchev–Trinajstić information content (AvgIpc) is 2.42. The van der Waals surface area contributed by atoms with Crippen LogP contribution in [-0.2, 0) is 0 Å². The lowest BCUT2D eigenvalue weighted by molar-refractivity contribution is -0.381. The summed E-state index contributed by atoms with van der Waals surface area (Å²) in [7, 11) is 0. The Hall–Kier alpha value is -0.0800. The molecule has 2 atom stereocenters. The van der Waals surface area contributed by atoms with Crippen LogP contribution in [0.15, 0.2) is 0 Å². The highest BCUT2D eigenvalue weighted by atomic mass is 16.5. The molecule has 8 aliphatic rings. The summed E-state index contributed by atoms with van der Waals surface area (Å²) in [5.74, 6) is 3.18. The SMILES string of the molecule is OC1(O)C2CC3CC(C2)CC1(C12CC4CC(CC(C4)C1)C2)C3. The number of hydrogen-bond acceptors (Lipinski definition) is 2. The fourth-order valence-corrected chi connectivity index (χ4v) is 9.51. The fraction of sp³-hybridized carbons (Fsp3) is 1.00. The first-order valence-electron chi connectivity index (χ1n) is 9.94. The Morgan fingerprint density at radius 3 is 1.41 bits per heavy atom. The molecule has 0 aromatic carbocycles. The molecule has 0 heterocycles. The molecule has 0 spiro atoms. The van der Waals surface area contributed by atoms with E-state index in [4.69, 9.17) is 0 Å². The average molecular weight is 302 g/mol. The summed E-state index contributed by atoms with van der Waals surface area (Å²) in [5, 5.41) is 22.7. The monoisotopic (exact) mass is 302 g/mol. The van der Waals surface area contributed by atoms with E-state index in [0.717, 1.165) is 55.3 Å². The van der Waals surface area contributed by atoms with E-state index in [9.17, 15) is 10.2 Å². The molecule has 0 saturated heterocycles. The lowest BCUT2D eigenvalue weighted by Crippen LogP contribution is -2.72. The first kappa shape index (κ1) is 13.2. The number of rotatable bonds is 1. The van der Waals surface area contributed by atoms with Gasteiger partial charge >= 0.3 is 0 Å². The maximum absolute atomic E-state index is 11.4. The van der Waals surface area contributed by atoms with Gasteiger partial charge in [-0.2, -0.15) is 0 Å². The highest BCUT2D eigenvalue weighted by molar-refractivity contribution is 5.20. The molecule has 22 heavy (non-hydrogen) atoms. The van der Waals surface area contributed by atoms with Gasteiger partial charge in [0, 0.05) is 11.3 Å². The molecule has 2 unspecified atom stereocenters. The Morgan fingerprint density at radius 1 is 0.545 bits per heavy atom. The normalized spacial score (nSPS) is 63.5. The largest absolute Gasteiger partial charge is 0.365 e. The van der Waals surface area contributed by atoms with Crippen molar-refractivity contribution < 1.29 is 10.2 Å². The zero-order valence-corrected chi connectivity index (χ0v) is 13.6. The van der Waals surface area contributed by atoms with E-state index in [1.165, 1.54) is 44.9 Å². The van der Waals surface area contributed by atoms with Crippen LogP contribution in [0.25, 0.3) is 0 Å². The molecular formula is C20H30O2. The molecule has 8 saturated carbocycles. The maximum Gasteiger partial charge on any atom is 0.171 e. The van der Waals surface area contributed by atoms with Gasteiger partial charge in [-0.15, -0.1) is 0 Å². The molecular weight excluding hydrogens is 272 g/mol. The summed E-state index contributed by atoms with van der Waals surface area (Å²) in [6.45, 7) is 0. The molecule has 8 rings (SSSR count). The van der Waals surface area contributed by atoms with E-state index in [2.05, 4.69) is 0 Å². The Kier molecular flexibility index (Phi) is 2.27. The number of hydrogen-bond donors (Lipinski definition) is 2. The van der Waals surface area contributed by atoms with Crippen LogP contribution in [-0.4, -0.2) is 16.0 Å². The van der Waals surface area contributed by atoms with E-state index in [-0.39, 0.29) is 11.3 Å². The van der Waals surface area contributed by atoms with Crippen LogP contribution >= 0.6 is 0 Å². The van der Waals surface area contributed by atoms with Gasteiger partial charge in [0.05, 0.1) is 0 Å². The van der Waals surface area contributed by atoms with Crippen LogP contribution in [0.1, 0.15) is 70.6 Å². The molecule has 0 aromatic heterocycles. The van der Waals surface area contributed by atoms with Crippen molar-refractivity contribution >= 4 is 0 Å². The van der Waals surface area contributed by atoms with E-state index in [1.807, 2.05) is 0 Å². The lowest BCUT2D eigenvalue weighted by atomic mass is 9.33. The molecule has 8 aliphatic carbocycles. The fourth-order valence-electron chi connectivity index (χ4n) is 9.51. The van der Waals surface area contributed by atoms with E-state index < -0.39 is 5.79 Å². The van der Waals surface area contributed by atoms with Crippen LogP contribution in [0.3, 0.4) is 0 Å². The summed E-state index contributed by atoms with van der Waals surface area (Å²) in [6, 6.07) is 0. The summed E-state index contributed by atoms with van der Waals surface area (Å²) >= 11 is 0. The van der Waals surface area contributed by atoms with Crippen molar-refractivity contribution in [2.75, 3.05) is 0 Å². The molecule has 8 bridgehead atoms. The molecule has 2 nitrogen and oxygen atoms in total. The lowest BCUT2D eigenvalue weighted by Gasteiger charge is -2.73. The third-order valence-corrected chi connectivity index (χ3v) is 9.50. The number of aliphatic hydroxyl groups is 2. The topological polar surface area (TPSA) is 40.5 Å². The second-order valence-corrected chi connectivity index (χ2v) is 10.6. The third-order valence-electron chi connectivity index (χ3n) is 9.50. The van der Waals surface area contributed by atoms with Gasteiger partial charge in [0.1, 0.15) is 0 Å². The van der Waals surface area contributed by atoms with Gasteiger partial charge in [-0.3, -0.25) is 0 Å². The quantitative estimate of drug-likeness (QED) is 0.725. The van der Waals surface area contributed by atoms with Gasteiger partial charge in [-0.25, -0.2) is 0 Å². The highest BCUT2D eigenvalue weighted by Crippen LogP contribution is 2.76. The zero-order chi connectivity index (χ0) is 14.7. The Morgan fingerprint density at radius 2 is 0.955 bits per heavy atom. The van der Waals surface area contributed by atoms with E-state index in [0.29, 0.717) is 5.41 Å². The van der Waals surface area contributed by atoms with Crippen molar-refractivity contribution in [3.05, 3.63) is 0 Å². The van der Waals surface area contributed by atoms with Gasteiger partial charge in [0.25, 0.3) is 0 Å². The minimum Gasteiger partial charge on any atom is -0.365 e. The van der Waals surface area contributed by atoms with Crippen molar-refractivity contribution in [2.24, 2.45) is 46.3 Å². The van der Waals surface area contributed by atoms with Crippen LogP contribution in [0.2, 0.25) is 0 Å². The molecule has 0 aliphatic heterocycles. The first-order valence-corrected chi connectivity index (χ1v) is 9.94. The van der Waals surface area contributed by atoms with Crippen molar-refractivity contribution in [1.82, 2.24) is 0 Å². The molecule has 0 amide bonds. The highest BCUT2D eigenvalue weighted by Gasteiger charge is 2.73. The van der Waals surface area contributed by atoms with E-state index in [1.54, 1.807) is 0 Å². The Balaban J connectivity index is 1.50. The molecule has 2 heteroatoms. The first-order chi connectivity index (χ1) is 10.5. The van der Waals surface area contributed by atoms with Gasteiger partial charge in [0.15, 0.2) is 5.79 Å².